The maximum atomic E-state index is 12.3. The van der Waals surface area contributed by atoms with Crippen LogP contribution in [0, 0.1) is 11.3 Å². The third kappa shape index (κ3) is 6.74. The van der Waals surface area contributed by atoms with Gasteiger partial charge in [0, 0.05) is 19.3 Å². The fourth-order valence-corrected chi connectivity index (χ4v) is 3.00. The highest BCUT2D eigenvalue weighted by atomic mass is 16.5. The molecule has 0 spiro atoms. The van der Waals surface area contributed by atoms with E-state index in [1.165, 1.54) is 7.11 Å². The number of ether oxygens (including phenoxy) is 1. The lowest BCUT2D eigenvalue weighted by Gasteiger charge is -2.18. The van der Waals surface area contributed by atoms with E-state index in [1.54, 1.807) is 24.3 Å². The molecule has 2 amide bonds. The molecule has 0 fully saturated rings. The topological polar surface area (TPSA) is 108 Å². The highest BCUT2D eigenvalue weighted by molar-refractivity contribution is 5.87. The van der Waals surface area contributed by atoms with Gasteiger partial charge in [-0.15, -0.1) is 0 Å². The van der Waals surface area contributed by atoms with E-state index >= 15 is 0 Å². The summed E-state index contributed by atoms with van der Waals surface area (Å²) in [4.78, 5) is 36.6. The molecule has 0 saturated carbocycles. The highest BCUT2D eigenvalue weighted by Crippen LogP contribution is 2.12. The molecule has 0 aromatic heterocycles. The fraction of sp³-hybridized carbons (Fsp3) is 0.304. The fourth-order valence-electron chi connectivity index (χ4n) is 3.00. The molecule has 0 unspecified atom stereocenters. The van der Waals surface area contributed by atoms with Crippen LogP contribution in [0.5, 0.6) is 0 Å². The van der Waals surface area contributed by atoms with Crippen LogP contribution in [-0.4, -0.2) is 30.9 Å². The van der Waals surface area contributed by atoms with Crippen LogP contribution in [0.1, 0.15) is 42.5 Å². The second-order valence-electron chi connectivity index (χ2n) is 6.82. The molecular weight excluding hydrogens is 382 g/mol. The summed E-state index contributed by atoms with van der Waals surface area (Å²) in [5.74, 6) is -1.31. The number of carbonyl (C=O) groups excluding carboxylic acids is 3. The lowest BCUT2D eigenvalue weighted by molar-refractivity contribution is -0.145. The van der Waals surface area contributed by atoms with Crippen molar-refractivity contribution in [3.8, 4) is 6.07 Å². The van der Waals surface area contributed by atoms with Gasteiger partial charge in [-0.2, -0.15) is 5.26 Å². The zero-order chi connectivity index (χ0) is 21.9. The van der Waals surface area contributed by atoms with E-state index in [-0.39, 0.29) is 31.2 Å². The van der Waals surface area contributed by atoms with Crippen molar-refractivity contribution in [2.24, 2.45) is 0 Å². The average Bonchev–Trinajstić information content (AvgIpc) is 2.77. The number of nitriles is 1. The number of hydrogen-bond donors (Lipinski definition) is 2. The first-order valence-corrected chi connectivity index (χ1v) is 9.64. The Morgan fingerprint density at radius 2 is 1.57 bits per heavy atom. The molecule has 0 radical (unpaired) electrons. The maximum absolute atomic E-state index is 12.3. The molecule has 0 saturated heterocycles. The number of carbonyl (C=O) groups is 3. The molecule has 2 aromatic rings. The molecule has 7 heteroatoms. The van der Waals surface area contributed by atoms with Gasteiger partial charge in [0.15, 0.2) is 0 Å². The molecule has 0 aliphatic heterocycles. The Hall–Kier alpha value is -3.66. The summed E-state index contributed by atoms with van der Waals surface area (Å²) in [5, 5.41) is 14.7. The van der Waals surface area contributed by atoms with Gasteiger partial charge in [-0.25, -0.2) is 4.79 Å². The van der Waals surface area contributed by atoms with Crippen LogP contribution in [0.15, 0.2) is 54.6 Å². The first kappa shape index (κ1) is 22.6. The summed E-state index contributed by atoms with van der Waals surface area (Å²) >= 11 is 0. The Labute approximate surface area is 176 Å². The Morgan fingerprint density at radius 3 is 2.20 bits per heavy atom. The molecule has 2 atom stereocenters. The summed E-state index contributed by atoms with van der Waals surface area (Å²) in [6.45, 7) is 1.87. The lowest BCUT2D eigenvalue weighted by Crippen LogP contribution is -2.43. The quantitative estimate of drug-likeness (QED) is 0.621. The van der Waals surface area contributed by atoms with Gasteiger partial charge >= 0.3 is 5.97 Å². The van der Waals surface area contributed by atoms with E-state index in [2.05, 4.69) is 16.7 Å². The van der Waals surface area contributed by atoms with E-state index < -0.39 is 17.9 Å². The van der Waals surface area contributed by atoms with Crippen molar-refractivity contribution in [2.75, 3.05) is 7.11 Å². The number of nitrogens with zero attached hydrogens (tertiary/aromatic N) is 1. The van der Waals surface area contributed by atoms with Crippen molar-refractivity contribution in [3.05, 3.63) is 71.3 Å². The van der Waals surface area contributed by atoms with E-state index in [4.69, 9.17) is 4.74 Å². The van der Waals surface area contributed by atoms with Crippen LogP contribution >= 0.6 is 0 Å². The number of nitrogens with one attached hydrogen (secondary N) is 2. The number of benzene rings is 2. The average molecular weight is 407 g/mol. The highest BCUT2D eigenvalue weighted by Gasteiger charge is 2.23. The van der Waals surface area contributed by atoms with Gasteiger partial charge < -0.3 is 15.4 Å². The molecule has 0 bridgehead atoms. The van der Waals surface area contributed by atoms with Crippen LogP contribution in [0.4, 0.5) is 0 Å². The number of hydrogen-bond acceptors (Lipinski definition) is 5. The predicted molar refractivity (Wildman–Crippen MR) is 111 cm³/mol. The molecule has 0 aliphatic rings. The van der Waals surface area contributed by atoms with Gasteiger partial charge in [0.2, 0.25) is 11.8 Å². The molecule has 30 heavy (non-hydrogen) atoms. The normalized spacial score (nSPS) is 12.2. The number of amides is 2. The van der Waals surface area contributed by atoms with E-state index in [1.807, 2.05) is 37.3 Å². The van der Waals surface area contributed by atoms with Gasteiger partial charge in [-0.1, -0.05) is 48.5 Å². The van der Waals surface area contributed by atoms with E-state index in [0.29, 0.717) is 11.1 Å². The van der Waals surface area contributed by atoms with Gasteiger partial charge in [0.1, 0.15) is 6.04 Å². The van der Waals surface area contributed by atoms with Crippen LogP contribution in [-0.2, 0) is 25.5 Å². The van der Waals surface area contributed by atoms with Crippen molar-refractivity contribution in [3.63, 3.8) is 0 Å². The minimum atomic E-state index is -0.941. The molecule has 2 aromatic carbocycles. The van der Waals surface area contributed by atoms with Crippen LogP contribution in [0.25, 0.3) is 0 Å². The van der Waals surface area contributed by atoms with Gasteiger partial charge in [0.25, 0.3) is 0 Å². The summed E-state index contributed by atoms with van der Waals surface area (Å²) in [6.07, 6.45) is 0.0474. The number of esters is 1. The third-order valence-corrected chi connectivity index (χ3v) is 4.64. The minimum absolute atomic E-state index is 0.00825. The third-order valence-electron chi connectivity index (χ3n) is 4.64. The molecule has 2 rings (SSSR count). The Kier molecular flexibility index (Phi) is 8.57. The van der Waals surface area contributed by atoms with Crippen molar-refractivity contribution < 1.29 is 19.1 Å². The second-order valence-corrected chi connectivity index (χ2v) is 6.82. The van der Waals surface area contributed by atoms with Crippen LogP contribution < -0.4 is 10.6 Å². The molecule has 0 aliphatic carbocycles. The second kappa shape index (κ2) is 11.4. The van der Waals surface area contributed by atoms with Crippen LogP contribution in [0.2, 0.25) is 0 Å². The Balaban J connectivity index is 1.90. The lowest BCUT2D eigenvalue weighted by atomic mass is 10.0. The molecular formula is C23H25N3O4. The maximum Gasteiger partial charge on any atom is 0.328 e. The Bertz CT molecular complexity index is 922. The first-order valence-electron chi connectivity index (χ1n) is 9.64. The summed E-state index contributed by atoms with van der Waals surface area (Å²) in [7, 11) is 1.23. The minimum Gasteiger partial charge on any atom is -0.467 e. The SMILES string of the molecule is COC(=O)[C@@H](Cc1ccccc1C#N)NC(=O)CCC(=O)N[C@H](C)c1ccccc1. The number of rotatable bonds is 9. The first-order chi connectivity index (χ1) is 14.4. The molecule has 7 nitrogen and oxygen atoms in total. The largest absolute Gasteiger partial charge is 0.467 e. The molecule has 2 N–H and O–H groups in total. The van der Waals surface area contributed by atoms with Gasteiger partial charge in [-0.05, 0) is 24.1 Å². The standard InChI is InChI=1S/C23H25N3O4/c1-16(17-8-4-3-5-9-17)25-21(27)12-13-22(28)26-20(23(29)30-2)14-18-10-6-7-11-19(18)15-24/h3-11,16,20H,12-14H2,1-2H3,(H,25,27)(H,26,28)/t16-,20-/m1/s1. The zero-order valence-electron chi connectivity index (χ0n) is 17.1. The molecule has 0 heterocycles. The number of methoxy groups -OCH3 is 1. The summed E-state index contributed by atoms with van der Waals surface area (Å²) in [6, 6.07) is 17.3. The van der Waals surface area contributed by atoms with Crippen molar-refractivity contribution >= 4 is 17.8 Å². The molecule has 156 valence electrons. The summed E-state index contributed by atoms with van der Waals surface area (Å²) in [5.41, 5.74) is 2.03. The van der Waals surface area contributed by atoms with Crippen molar-refractivity contribution in [2.45, 2.75) is 38.3 Å². The summed E-state index contributed by atoms with van der Waals surface area (Å²) < 4.78 is 4.77. The predicted octanol–water partition coefficient (Wildman–Crippen LogP) is 2.42. The van der Waals surface area contributed by atoms with E-state index in [9.17, 15) is 19.6 Å². The van der Waals surface area contributed by atoms with Crippen molar-refractivity contribution in [1.29, 1.82) is 5.26 Å². The van der Waals surface area contributed by atoms with Gasteiger partial charge in [-0.3, -0.25) is 9.59 Å². The smallest absolute Gasteiger partial charge is 0.328 e. The van der Waals surface area contributed by atoms with Crippen LogP contribution in [0.3, 0.4) is 0 Å². The zero-order valence-corrected chi connectivity index (χ0v) is 17.1. The van der Waals surface area contributed by atoms with Gasteiger partial charge in [0.05, 0.1) is 24.8 Å². The van der Waals surface area contributed by atoms with E-state index in [0.717, 1.165) is 5.56 Å². The Morgan fingerprint density at radius 1 is 0.967 bits per heavy atom. The monoisotopic (exact) mass is 407 g/mol. The van der Waals surface area contributed by atoms with Crippen molar-refractivity contribution in [1.82, 2.24) is 10.6 Å².